The summed E-state index contributed by atoms with van der Waals surface area (Å²) < 4.78 is 25.9. The van der Waals surface area contributed by atoms with Gasteiger partial charge in [0.25, 0.3) is 0 Å². The minimum atomic E-state index is -1.79. The lowest BCUT2D eigenvalue weighted by Crippen LogP contribution is -2.31. The number of nitrogens with zero attached hydrogens (tertiary/aromatic N) is 2. The van der Waals surface area contributed by atoms with Gasteiger partial charge in [-0.15, -0.1) is 11.3 Å². The predicted molar refractivity (Wildman–Crippen MR) is 110 cm³/mol. The van der Waals surface area contributed by atoms with Crippen molar-refractivity contribution in [1.29, 1.82) is 0 Å². The molecule has 1 aliphatic carbocycles. The van der Waals surface area contributed by atoms with Crippen molar-refractivity contribution >= 4 is 23.0 Å². The Bertz CT molecular complexity index is 885. The molecule has 29 heavy (non-hydrogen) atoms. The molecule has 1 amide bonds. The van der Waals surface area contributed by atoms with Crippen LogP contribution in [0.1, 0.15) is 24.1 Å². The van der Waals surface area contributed by atoms with E-state index in [0.717, 1.165) is 23.3 Å². The second-order valence-corrected chi connectivity index (χ2v) is 8.01. The van der Waals surface area contributed by atoms with Gasteiger partial charge in [0.2, 0.25) is 5.85 Å². The molecule has 0 spiro atoms. The lowest BCUT2D eigenvalue weighted by molar-refractivity contribution is -0.114. The lowest BCUT2D eigenvalue weighted by Gasteiger charge is -2.26. The van der Waals surface area contributed by atoms with Crippen LogP contribution in [0.4, 0.5) is 9.18 Å². The summed E-state index contributed by atoms with van der Waals surface area (Å²) in [6, 6.07) is 9.89. The lowest BCUT2D eigenvalue weighted by atomic mass is 9.97. The zero-order chi connectivity index (χ0) is 20.1. The number of benzene rings is 1. The van der Waals surface area contributed by atoms with Crippen LogP contribution in [0.2, 0.25) is 0 Å². The third-order valence-corrected chi connectivity index (χ3v) is 5.78. The van der Waals surface area contributed by atoms with Crippen molar-refractivity contribution in [2.24, 2.45) is 5.92 Å². The van der Waals surface area contributed by atoms with Crippen molar-refractivity contribution in [2.45, 2.75) is 25.3 Å². The number of alkyl halides is 1. The topological polar surface area (TPSA) is 51.7 Å². The zero-order valence-electron chi connectivity index (χ0n) is 16.0. The van der Waals surface area contributed by atoms with Crippen molar-refractivity contribution in [3.8, 4) is 0 Å². The summed E-state index contributed by atoms with van der Waals surface area (Å²) in [7, 11) is 0. The standard InChI is InChI=1S/C22H23FN2O3S/c23-22(9-6-19(7-10-22)18-4-2-1-3-5-18)28-13-17-8-11-25(12-17)21(26)27-14-20-15-29-16-24-20/h1-7,9,15-17H,8,10-14H2. The number of carbonyl (C=O) groups is 1. The summed E-state index contributed by atoms with van der Waals surface area (Å²) >= 11 is 1.46. The van der Waals surface area contributed by atoms with E-state index in [1.165, 1.54) is 17.4 Å². The molecule has 0 bridgehead atoms. The first-order chi connectivity index (χ1) is 14.1. The van der Waals surface area contributed by atoms with Gasteiger partial charge in [0.05, 0.1) is 17.8 Å². The number of thiazole rings is 1. The summed E-state index contributed by atoms with van der Waals surface area (Å²) in [6.45, 7) is 1.55. The summed E-state index contributed by atoms with van der Waals surface area (Å²) in [5.74, 6) is -1.70. The molecule has 5 nitrogen and oxygen atoms in total. The first kappa shape index (κ1) is 19.8. The number of allylic oxidation sites excluding steroid dienone is 2. The van der Waals surface area contributed by atoms with Crippen LogP contribution in [-0.4, -0.2) is 41.5 Å². The molecule has 0 saturated carbocycles. The third kappa shape index (κ3) is 5.10. The monoisotopic (exact) mass is 414 g/mol. The Balaban J connectivity index is 1.22. The summed E-state index contributed by atoms with van der Waals surface area (Å²) in [5, 5.41) is 1.85. The summed E-state index contributed by atoms with van der Waals surface area (Å²) in [5.41, 5.74) is 4.51. The highest BCUT2D eigenvalue weighted by molar-refractivity contribution is 7.07. The number of amides is 1. The van der Waals surface area contributed by atoms with E-state index in [1.54, 1.807) is 16.5 Å². The van der Waals surface area contributed by atoms with Crippen molar-refractivity contribution in [1.82, 2.24) is 9.88 Å². The molecule has 2 heterocycles. The van der Waals surface area contributed by atoms with Gasteiger partial charge in [-0.05, 0) is 23.6 Å². The molecular weight excluding hydrogens is 391 g/mol. The number of aromatic nitrogens is 1. The van der Waals surface area contributed by atoms with Gasteiger partial charge < -0.3 is 14.4 Å². The SMILES string of the molecule is O=C(OCc1cscn1)N1CCC(COC2(F)C=CC(c3ccccc3)=CC2)C1. The molecule has 1 saturated heterocycles. The maximum absolute atomic E-state index is 15.0. The van der Waals surface area contributed by atoms with Gasteiger partial charge in [-0.1, -0.05) is 42.5 Å². The minimum absolute atomic E-state index is 0.0994. The molecular formula is C22H23FN2O3S. The molecule has 1 aliphatic heterocycles. The van der Waals surface area contributed by atoms with E-state index < -0.39 is 5.85 Å². The molecule has 0 radical (unpaired) electrons. The Morgan fingerprint density at radius 2 is 2.21 bits per heavy atom. The molecule has 0 N–H and O–H groups in total. The van der Waals surface area contributed by atoms with Crippen LogP contribution in [0, 0.1) is 5.92 Å². The van der Waals surface area contributed by atoms with E-state index in [2.05, 4.69) is 4.98 Å². The molecule has 2 aromatic rings. The molecule has 2 atom stereocenters. The number of rotatable bonds is 6. The van der Waals surface area contributed by atoms with Crippen LogP contribution >= 0.6 is 11.3 Å². The smallest absolute Gasteiger partial charge is 0.410 e. The number of hydrogen-bond donors (Lipinski definition) is 0. The van der Waals surface area contributed by atoms with Crippen molar-refractivity contribution in [2.75, 3.05) is 19.7 Å². The molecule has 1 aromatic carbocycles. The van der Waals surface area contributed by atoms with Crippen molar-refractivity contribution in [3.05, 3.63) is 70.7 Å². The Morgan fingerprint density at radius 3 is 2.93 bits per heavy atom. The number of hydrogen-bond acceptors (Lipinski definition) is 5. The van der Waals surface area contributed by atoms with E-state index in [-0.39, 0.29) is 31.6 Å². The first-order valence-corrected chi connectivity index (χ1v) is 10.6. The maximum atomic E-state index is 15.0. The molecule has 4 rings (SSSR count). The molecule has 1 fully saturated rings. The molecule has 2 unspecified atom stereocenters. The fourth-order valence-corrected chi connectivity index (χ4v) is 4.02. The van der Waals surface area contributed by atoms with E-state index in [1.807, 2.05) is 41.8 Å². The normalized spacial score (nSPS) is 23.8. The number of ether oxygens (including phenoxy) is 2. The molecule has 152 valence electrons. The quantitative estimate of drug-likeness (QED) is 0.680. The Kier molecular flexibility index (Phi) is 6.06. The summed E-state index contributed by atoms with van der Waals surface area (Å²) in [4.78, 5) is 17.9. The van der Waals surface area contributed by atoms with Gasteiger partial charge in [0.1, 0.15) is 6.61 Å². The Hall–Kier alpha value is -2.51. The van der Waals surface area contributed by atoms with E-state index in [9.17, 15) is 9.18 Å². The van der Waals surface area contributed by atoms with Crippen molar-refractivity contribution in [3.63, 3.8) is 0 Å². The highest BCUT2D eigenvalue weighted by atomic mass is 32.1. The van der Waals surface area contributed by atoms with Gasteiger partial charge in [0.15, 0.2) is 0 Å². The number of carbonyl (C=O) groups excluding carboxylic acids is 1. The van der Waals surface area contributed by atoms with E-state index >= 15 is 0 Å². The highest BCUT2D eigenvalue weighted by Crippen LogP contribution is 2.31. The van der Waals surface area contributed by atoms with Gasteiger partial charge in [-0.25, -0.2) is 14.2 Å². The average Bonchev–Trinajstić information content (AvgIpc) is 3.44. The van der Waals surface area contributed by atoms with Crippen LogP contribution in [0.25, 0.3) is 5.57 Å². The average molecular weight is 415 g/mol. The van der Waals surface area contributed by atoms with Crippen LogP contribution in [0.3, 0.4) is 0 Å². The summed E-state index contributed by atoms with van der Waals surface area (Å²) in [6.07, 6.45) is 5.73. The molecule has 7 heteroatoms. The second-order valence-electron chi connectivity index (χ2n) is 7.30. The van der Waals surface area contributed by atoms with E-state index in [4.69, 9.17) is 9.47 Å². The maximum Gasteiger partial charge on any atom is 0.410 e. The van der Waals surface area contributed by atoms with Crippen molar-refractivity contribution < 1.29 is 18.7 Å². The van der Waals surface area contributed by atoms with Gasteiger partial charge in [-0.2, -0.15) is 0 Å². The predicted octanol–water partition coefficient (Wildman–Crippen LogP) is 4.83. The fraction of sp³-hybridized carbons (Fsp3) is 0.364. The van der Waals surface area contributed by atoms with Gasteiger partial charge in [-0.3, -0.25) is 0 Å². The van der Waals surface area contributed by atoms with Gasteiger partial charge in [0, 0.05) is 30.8 Å². The fourth-order valence-electron chi connectivity index (χ4n) is 3.48. The third-order valence-electron chi connectivity index (χ3n) is 5.15. The first-order valence-electron chi connectivity index (χ1n) is 9.68. The second kappa shape index (κ2) is 8.88. The van der Waals surface area contributed by atoms with Gasteiger partial charge >= 0.3 is 6.09 Å². The molecule has 1 aromatic heterocycles. The number of likely N-dealkylation sites (tertiary alicyclic amines) is 1. The highest BCUT2D eigenvalue weighted by Gasteiger charge is 2.33. The largest absolute Gasteiger partial charge is 0.443 e. The van der Waals surface area contributed by atoms with Crippen LogP contribution < -0.4 is 0 Å². The zero-order valence-corrected chi connectivity index (χ0v) is 16.8. The Labute approximate surface area is 173 Å². The van der Waals surface area contributed by atoms with Crippen LogP contribution in [0.5, 0.6) is 0 Å². The minimum Gasteiger partial charge on any atom is -0.443 e. The van der Waals surface area contributed by atoms with E-state index in [0.29, 0.717) is 13.1 Å². The molecule has 2 aliphatic rings. The Morgan fingerprint density at radius 1 is 1.34 bits per heavy atom. The van der Waals surface area contributed by atoms with Crippen LogP contribution in [0.15, 0.2) is 59.5 Å². The van der Waals surface area contributed by atoms with Crippen LogP contribution in [-0.2, 0) is 16.1 Å². The number of halogens is 1.